The molecular formula is C13H17BrN2O4S. The molecule has 0 radical (unpaired) electrons. The molecule has 0 spiro atoms. The second-order valence-corrected chi connectivity index (χ2v) is 7.95. The van der Waals surface area contributed by atoms with Gasteiger partial charge in [0.15, 0.2) is 9.84 Å². The number of carbonyl (C=O) groups is 1. The second kappa shape index (κ2) is 7.13. The van der Waals surface area contributed by atoms with Gasteiger partial charge in [-0.1, -0.05) is 15.9 Å². The fraction of sp³-hybridized carbons (Fsp3) is 0.462. The van der Waals surface area contributed by atoms with Crippen molar-refractivity contribution in [2.45, 2.75) is 12.5 Å². The number of benzene rings is 1. The van der Waals surface area contributed by atoms with Crippen LogP contribution in [-0.4, -0.2) is 45.1 Å². The van der Waals surface area contributed by atoms with Crippen LogP contribution in [0.5, 0.6) is 5.75 Å². The summed E-state index contributed by atoms with van der Waals surface area (Å²) in [7, 11) is -2.98. The Balaban J connectivity index is 1.62. The van der Waals surface area contributed by atoms with Crippen molar-refractivity contribution in [1.29, 1.82) is 0 Å². The molecule has 0 saturated carbocycles. The van der Waals surface area contributed by atoms with Crippen LogP contribution in [0.4, 0.5) is 4.79 Å². The van der Waals surface area contributed by atoms with E-state index in [1.165, 1.54) is 0 Å². The molecular weight excluding hydrogens is 360 g/mol. The molecule has 0 aromatic heterocycles. The third kappa shape index (κ3) is 5.55. The van der Waals surface area contributed by atoms with Crippen molar-refractivity contribution in [2.75, 3.05) is 24.7 Å². The number of urea groups is 1. The van der Waals surface area contributed by atoms with Gasteiger partial charge in [-0.05, 0) is 30.7 Å². The first kappa shape index (κ1) is 16.1. The van der Waals surface area contributed by atoms with Crippen molar-refractivity contribution >= 4 is 31.8 Å². The van der Waals surface area contributed by atoms with Crippen molar-refractivity contribution in [3.05, 3.63) is 28.7 Å². The molecule has 2 N–H and O–H groups in total. The molecule has 116 valence electrons. The monoisotopic (exact) mass is 376 g/mol. The van der Waals surface area contributed by atoms with E-state index in [-0.39, 0.29) is 23.6 Å². The molecule has 1 fully saturated rings. The van der Waals surface area contributed by atoms with Gasteiger partial charge in [0.1, 0.15) is 12.4 Å². The molecule has 1 aromatic rings. The van der Waals surface area contributed by atoms with Gasteiger partial charge in [0.05, 0.1) is 18.1 Å². The van der Waals surface area contributed by atoms with E-state index < -0.39 is 9.84 Å². The van der Waals surface area contributed by atoms with E-state index in [1.54, 1.807) is 0 Å². The zero-order valence-electron chi connectivity index (χ0n) is 11.3. The van der Waals surface area contributed by atoms with Gasteiger partial charge in [-0.2, -0.15) is 0 Å². The molecule has 2 amide bonds. The smallest absolute Gasteiger partial charge is 0.315 e. The van der Waals surface area contributed by atoms with Crippen LogP contribution in [0.25, 0.3) is 0 Å². The Morgan fingerprint density at radius 3 is 2.67 bits per heavy atom. The van der Waals surface area contributed by atoms with Gasteiger partial charge >= 0.3 is 6.03 Å². The van der Waals surface area contributed by atoms with E-state index >= 15 is 0 Å². The summed E-state index contributed by atoms with van der Waals surface area (Å²) in [5.41, 5.74) is 0. The summed E-state index contributed by atoms with van der Waals surface area (Å²) in [6.07, 6.45) is 0.477. The summed E-state index contributed by atoms with van der Waals surface area (Å²) in [6.45, 7) is 0.694. The molecule has 6 nitrogen and oxygen atoms in total. The number of carbonyl (C=O) groups excluding carboxylic acids is 1. The second-order valence-electron chi connectivity index (χ2n) is 4.80. The van der Waals surface area contributed by atoms with Gasteiger partial charge < -0.3 is 15.4 Å². The zero-order chi connectivity index (χ0) is 15.3. The maximum absolute atomic E-state index is 11.6. The minimum Gasteiger partial charge on any atom is -0.492 e. The Hall–Kier alpha value is -1.28. The van der Waals surface area contributed by atoms with E-state index in [0.717, 1.165) is 10.2 Å². The predicted molar refractivity (Wildman–Crippen MR) is 83.2 cm³/mol. The maximum atomic E-state index is 11.6. The number of rotatable bonds is 5. The lowest BCUT2D eigenvalue weighted by Gasteiger charge is -2.12. The summed E-state index contributed by atoms with van der Waals surface area (Å²) < 4.78 is 29.0. The zero-order valence-corrected chi connectivity index (χ0v) is 13.7. The molecule has 1 aliphatic heterocycles. The highest BCUT2D eigenvalue weighted by Gasteiger charge is 2.28. The average Bonchev–Trinajstić information content (AvgIpc) is 2.76. The van der Waals surface area contributed by atoms with Crippen LogP contribution in [-0.2, 0) is 9.84 Å². The minimum absolute atomic E-state index is 0.0236. The highest BCUT2D eigenvalue weighted by Crippen LogP contribution is 2.15. The lowest BCUT2D eigenvalue weighted by molar-refractivity contribution is 0.233. The molecule has 1 atom stereocenters. The Morgan fingerprint density at radius 2 is 2.05 bits per heavy atom. The van der Waals surface area contributed by atoms with Crippen LogP contribution in [0.15, 0.2) is 28.7 Å². The first-order valence-corrected chi connectivity index (χ1v) is 9.19. The molecule has 8 heteroatoms. The highest BCUT2D eigenvalue weighted by atomic mass is 79.9. The predicted octanol–water partition coefficient (Wildman–Crippen LogP) is 1.31. The lowest BCUT2D eigenvalue weighted by Crippen LogP contribution is -2.43. The number of hydrogen-bond acceptors (Lipinski definition) is 4. The van der Waals surface area contributed by atoms with E-state index in [1.807, 2.05) is 24.3 Å². The summed E-state index contributed by atoms with van der Waals surface area (Å²) >= 11 is 3.33. The average molecular weight is 377 g/mol. The number of halogens is 1. The van der Waals surface area contributed by atoms with Crippen molar-refractivity contribution in [3.8, 4) is 5.75 Å². The van der Waals surface area contributed by atoms with Crippen molar-refractivity contribution in [3.63, 3.8) is 0 Å². The van der Waals surface area contributed by atoms with Crippen molar-refractivity contribution in [1.82, 2.24) is 10.6 Å². The van der Waals surface area contributed by atoms with E-state index in [4.69, 9.17) is 4.74 Å². The molecule has 1 heterocycles. The standard InChI is InChI=1S/C13H17BrN2O4S/c14-10-1-3-12(4-2-10)20-7-6-15-13(17)16-11-5-8-21(18,19)9-11/h1-4,11H,5-9H2,(H2,15,16,17). The lowest BCUT2D eigenvalue weighted by atomic mass is 10.3. The van der Waals surface area contributed by atoms with Gasteiger partial charge in [0, 0.05) is 10.5 Å². The van der Waals surface area contributed by atoms with Crippen molar-refractivity contribution < 1.29 is 17.9 Å². The molecule has 1 unspecified atom stereocenters. The summed E-state index contributed by atoms with van der Waals surface area (Å²) in [5.74, 6) is 0.891. The summed E-state index contributed by atoms with van der Waals surface area (Å²) in [6, 6.07) is 6.74. The quantitative estimate of drug-likeness (QED) is 0.758. The Bertz CT molecular complexity index is 589. The van der Waals surface area contributed by atoms with Gasteiger partial charge in [0.25, 0.3) is 0 Å². The normalized spacial score (nSPS) is 20.0. The minimum atomic E-state index is -2.98. The van der Waals surface area contributed by atoms with Crippen LogP contribution in [0, 0.1) is 0 Å². The number of sulfone groups is 1. The van der Waals surface area contributed by atoms with E-state index in [9.17, 15) is 13.2 Å². The largest absolute Gasteiger partial charge is 0.492 e. The van der Waals surface area contributed by atoms with E-state index in [2.05, 4.69) is 26.6 Å². The first-order chi connectivity index (χ1) is 9.94. The third-order valence-electron chi connectivity index (χ3n) is 3.04. The molecule has 21 heavy (non-hydrogen) atoms. The Labute approximate surface area is 132 Å². The molecule has 0 bridgehead atoms. The molecule has 1 aromatic carbocycles. The highest BCUT2D eigenvalue weighted by molar-refractivity contribution is 9.10. The number of amides is 2. The van der Waals surface area contributed by atoms with Gasteiger partial charge in [-0.25, -0.2) is 13.2 Å². The number of ether oxygens (including phenoxy) is 1. The first-order valence-electron chi connectivity index (χ1n) is 6.58. The maximum Gasteiger partial charge on any atom is 0.315 e. The molecule has 0 aliphatic carbocycles. The molecule has 1 saturated heterocycles. The summed E-state index contributed by atoms with van der Waals surface area (Å²) in [5, 5.41) is 5.29. The Morgan fingerprint density at radius 1 is 1.33 bits per heavy atom. The van der Waals surface area contributed by atoms with Crippen LogP contribution >= 0.6 is 15.9 Å². The molecule has 1 aliphatic rings. The summed E-state index contributed by atoms with van der Waals surface area (Å²) in [4.78, 5) is 11.6. The van der Waals surface area contributed by atoms with Crippen LogP contribution in [0.1, 0.15) is 6.42 Å². The van der Waals surface area contributed by atoms with Crippen molar-refractivity contribution in [2.24, 2.45) is 0 Å². The SMILES string of the molecule is O=C(NCCOc1ccc(Br)cc1)NC1CCS(=O)(=O)C1. The van der Waals surface area contributed by atoms with Crippen LogP contribution < -0.4 is 15.4 Å². The van der Waals surface area contributed by atoms with Crippen LogP contribution in [0.3, 0.4) is 0 Å². The number of hydrogen-bond donors (Lipinski definition) is 2. The van der Waals surface area contributed by atoms with E-state index in [0.29, 0.717) is 19.6 Å². The molecule has 2 rings (SSSR count). The fourth-order valence-electron chi connectivity index (χ4n) is 2.01. The van der Waals surface area contributed by atoms with Gasteiger partial charge in [0.2, 0.25) is 0 Å². The fourth-order valence-corrected chi connectivity index (χ4v) is 3.95. The number of nitrogens with one attached hydrogen (secondary N) is 2. The topological polar surface area (TPSA) is 84.5 Å². The Kier molecular flexibility index (Phi) is 5.46. The third-order valence-corrected chi connectivity index (χ3v) is 5.33. The van der Waals surface area contributed by atoms with Gasteiger partial charge in [-0.3, -0.25) is 0 Å². The van der Waals surface area contributed by atoms with Gasteiger partial charge in [-0.15, -0.1) is 0 Å². The van der Waals surface area contributed by atoms with Crippen LogP contribution in [0.2, 0.25) is 0 Å².